The largest absolute Gasteiger partial charge is 0.303 e. The molecule has 0 aromatic carbocycles. The topological polar surface area (TPSA) is 24.4 Å². The van der Waals surface area contributed by atoms with Gasteiger partial charge in [-0.1, -0.05) is 18.2 Å². The molecule has 2 nitrogen and oxygen atoms in total. The smallest absolute Gasteiger partial charge is 0.0732 e. The summed E-state index contributed by atoms with van der Waals surface area (Å²) in [4.78, 5) is 0. The molecule has 1 aliphatic heterocycles. The summed E-state index contributed by atoms with van der Waals surface area (Å²) in [5, 5.41) is 3.94. The lowest BCUT2D eigenvalue weighted by atomic mass is 10.0. The number of hydrogen-bond donors (Lipinski definition) is 1. The van der Waals surface area contributed by atoms with E-state index in [-0.39, 0.29) is 0 Å². The first-order valence-corrected chi connectivity index (χ1v) is 3.42. The maximum atomic E-state index is 3.94. The highest BCUT2D eigenvalue weighted by Crippen LogP contribution is 2.08. The van der Waals surface area contributed by atoms with Crippen molar-refractivity contribution in [1.29, 1.82) is 0 Å². The zero-order valence-corrected chi connectivity index (χ0v) is 6.12. The van der Waals surface area contributed by atoms with E-state index >= 15 is 0 Å². The first-order valence-electron chi connectivity index (χ1n) is 3.42. The fraction of sp³-hybridized carbons (Fsp3) is 0.375. The van der Waals surface area contributed by atoms with Crippen molar-refractivity contribution >= 4 is 6.21 Å². The lowest BCUT2D eigenvalue weighted by Crippen LogP contribution is -2.23. The number of hydrazone groups is 1. The molecule has 10 heavy (non-hydrogen) atoms. The third-order valence-corrected chi connectivity index (χ3v) is 1.56. The third-order valence-electron chi connectivity index (χ3n) is 1.56. The number of rotatable bonds is 2. The van der Waals surface area contributed by atoms with Crippen LogP contribution in [0, 0.1) is 5.92 Å². The van der Waals surface area contributed by atoms with Crippen molar-refractivity contribution < 1.29 is 0 Å². The molecule has 0 aliphatic carbocycles. The Balaban J connectivity index is 2.55. The number of hydrogen-bond acceptors (Lipinski definition) is 2. The SMILES string of the molecule is C=CC1C=NNC1/C=C\C. The molecule has 0 fully saturated rings. The Morgan fingerprint density at radius 2 is 2.50 bits per heavy atom. The highest BCUT2D eigenvalue weighted by molar-refractivity contribution is 5.66. The Morgan fingerprint density at radius 3 is 3.10 bits per heavy atom. The summed E-state index contributed by atoms with van der Waals surface area (Å²) in [6, 6.07) is 0.322. The van der Waals surface area contributed by atoms with Gasteiger partial charge in [0.15, 0.2) is 0 Å². The average molecular weight is 136 g/mol. The van der Waals surface area contributed by atoms with Crippen LogP contribution in [-0.2, 0) is 0 Å². The molecule has 2 atom stereocenters. The van der Waals surface area contributed by atoms with Crippen LogP contribution >= 0.6 is 0 Å². The van der Waals surface area contributed by atoms with E-state index in [1.807, 2.05) is 25.3 Å². The van der Waals surface area contributed by atoms with E-state index in [0.717, 1.165) is 0 Å². The summed E-state index contributed by atoms with van der Waals surface area (Å²) in [5.74, 6) is 0.358. The quantitative estimate of drug-likeness (QED) is 0.569. The molecule has 0 radical (unpaired) electrons. The molecule has 1 heterocycles. The molecular formula is C8H12N2. The van der Waals surface area contributed by atoms with Gasteiger partial charge in [-0.25, -0.2) is 0 Å². The molecule has 2 unspecified atom stereocenters. The molecular weight excluding hydrogens is 124 g/mol. The molecule has 0 aromatic heterocycles. The Kier molecular flexibility index (Phi) is 2.26. The zero-order chi connectivity index (χ0) is 7.40. The Labute approximate surface area is 61.3 Å². The van der Waals surface area contributed by atoms with Gasteiger partial charge >= 0.3 is 0 Å². The predicted octanol–water partition coefficient (Wildman–Crippen LogP) is 1.32. The van der Waals surface area contributed by atoms with Crippen molar-refractivity contribution in [2.75, 3.05) is 0 Å². The van der Waals surface area contributed by atoms with Crippen LogP contribution < -0.4 is 5.43 Å². The molecule has 0 bridgehead atoms. The third kappa shape index (κ3) is 1.26. The highest BCUT2D eigenvalue weighted by Gasteiger charge is 2.16. The number of nitrogens with zero attached hydrogens (tertiary/aromatic N) is 1. The minimum atomic E-state index is 0.322. The van der Waals surface area contributed by atoms with Crippen LogP contribution in [-0.4, -0.2) is 12.3 Å². The van der Waals surface area contributed by atoms with Gasteiger partial charge in [0.1, 0.15) is 0 Å². The van der Waals surface area contributed by atoms with Crippen LogP contribution in [0.25, 0.3) is 0 Å². The number of nitrogens with one attached hydrogen (secondary N) is 1. The summed E-state index contributed by atoms with van der Waals surface area (Å²) in [6.45, 7) is 5.71. The zero-order valence-electron chi connectivity index (χ0n) is 6.12. The van der Waals surface area contributed by atoms with E-state index in [1.165, 1.54) is 0 Å². The van der Waals surface area contributed by atoms with Crippen LogP contribution in [0.5, 0.6) is 0 Å². The van der Waals surface area contributed by atoms with Crippen molar-refractivity contribution in [2.24, 2.45) is 11.0 Å². The first kappa shape index (κ1) is 7.06. The van der Waals surface area contributed by atoms with Crippen molar-refractivity contribution in [3.63, 3.8) is 0 Å². The van der Waals surface area contributed by atoms with Gasteiger partial charge in [-0.05, 0) is 6.92 Å². The van der Waals surface area contributed by atoms with E-state index in [2.05, 4.69) is 23.2 Å². The highest BCUT2D eigenvalue weighted by atomic mass is 15.3. The van der Waals surface area contributed by atoms with Gasteiger partial charge in [0.2, 0.25) is 0 Å². The minimum absolute atomic E-state index is 0.322. The predicted molar refractivity (Wildman–Crippen MR) is 43.9 cm³/mol. The first-order chi connectivity index (χ1) is 4.88. The molecule has 54 valence electrons. The summed E-state index contributed by atoms with van der Waals surface area (Å²) in [7, 11) is 0. The molecule has 2 heteroatoms. The summed E-state index contributed by atoms with van der Waals surface area (Å²) >= 11 is 0. The second-order valence-electron chi connectivity index (χ2n) is 2.27. The minimum Gasteiger partial charge on any atom is -0.303 e. The van der Waals surface area contributed by atoms with Crippen LogP contribution in [0.2, 0.25) is 0 Å². The summed E-state index contributed by atoms with van der Waals surface area (Å²) < 4.78 is 0. The molecule has 1 N–H and O–H groups in total. The van der Waals surface area contributed by atoms with Crippen LogP contribution in [0.1, 0.15) is 6.92 Å². The molecule has 0 spiro atoms. The average Bonchev–Trinajstić information content (AvgIpc) is 2.36. The standard InChI is InChI=1S/C8H12N2/c1-3-5-8-7(4-2)6-9-10-8/h3-8,10H,2H2,1H3/b5-3-. The van der Waals surface area contributed by atoms with E-state index in [4.69, 9.17) is 0 Å². The molecule has 0 amide bonds. The summed E-state index contributed by atoms with van der Waals surface area (Å²) in [5.41, 5.74) is 2.97. The molecule has 0 saturated heterocycles. The maximum Gasteiger partial charge on any atom is 0.0732 e. The molecule has 0 aromatic rings. The molecule has 1 rings (SSSR count). The van der Waals surface area contributed by atoms with Gasteiger partial charge in [-0.3, -0.25) is 0 Å². The van der Waals surface area contributed by atoms with E-state index in [1.54, 1.807) is 0 Å². The van der Waals surface area contributed by atoms with Crippen molar-refractivity contribution in [3.05, 3.63) is 24.8 Å². The second kappa shape index (κ2) is 3.20. The lowest BCUT2D eigenvalue weighted by Gasteiger charge is -2.08. The van der Waals surface area contributed by atoms with Gasteiger partial charge in [-0.15, -0.1) is 6.58 Å². The van der Waals surface area contributed by atoms with Gasteiger partial charge in [0, 0.05) is 12.1 Å². The van der Waals surface area contributed by atoms with E-state index in [9.17, 15) is 0 Å². The van der Waals surface area contributed by atoms with Gasteiger partial charge in [0.05, 0.1) is 6.04 Å². The summed E-state index contributed by atoms with van der Waals surface area (Å²) in [6.07, 6.45) is 7.87. The molecule has 1 aliphatic rings. The van der Waals surface area contributed by atoms with Crippen molar-refractivity contribution in [1.82, 2.24) is 5.43 Å². The van der Waals surface area contributed by atoms with Crippen LogP contribution in [0.3, 0.4) is 0 Å². The Hall–Kier alpha value is -1.05. The fourth-order valence-electron chi connectivity index (χ4n) is 0.980. The maximum absolute atomic E-state index is 3.94. The van der Waals surface area contributed by atoms with Crippen LogP contribution in [0.4, 0.5) is 0 Å². The normalized spacial score (nSPS) is 30.9. The Morgan fingerprint density at radius 1 is 1.70 bits per heavy atom. The lowest BCUT2D eigenvalue weighted by molar-refractivity contribution is 0.627. The number of allylic oxidation sites excluding steroid dienone is 1. The second-order valence-corrected chi connectivity index (χ2v) is 2.27. The Bertz CT molecular complexity index is 170. The monoisotopic (exact) mass is 136 g/mol. The fourth-order valence-corrected chi connectivity index (χ4v) is 0.980. The van der Waals surface area contributed by atoms with Gasteiger partial charge in [-0.2, -0.15) is 5.10 Å². The van der Waals surface area contributed by atoms with Gasteiger partial charge < -0.3 is 5.43 Å². The van der Waals surface area contributed by atoms with Crippen LogP contribution in [0.15, 0.2) is 29.9 Å². The molecule has 0 saturated carbocycles. The van der Waals surface area contributed by atoms with Crippen molar-refractivity contribution in [3.8, 4) is 0 Å². The van der Waals surface area contributed by atoms with Gasteiger partial charge in [0.25, 0.3) is 0 Å². The van der Waals surface area contributed by atoms with E-state index < -0.39 is 0 Å². The van der Waals surface area contributed by atoms with E-state index in [0.29, 0.717) is 12.0 Å². The van der Waals surface area contributed by atoms with Crippen molar-refractivity contribution in [2.45, 2.75) is 13.0 Å².